The minimum atomic E-state index is -0.295. The summed E-state index contributed by atoms with van der Waals surface area (Å²) in [6.07, 6.45) is 3.09. The maximum atomic E-state index is 10.4. The van der Waals surface area contributed by atoms with Gasteiger partial charge in [0.05, 0.1) is 0 Å². The van der Waals surface area contributed by atoms with Gasteiger partial charge in [0.1, 0.15) is 0 Å². The van der Waals surface area contributed by atoms with Gasteiger partial charge in [-0.05, 0) is 12.8 Å². The maximum absolute atomic E-state index is 10.4. The molecule has 0 aromatic carbocycles. The second-order valence-corrected chi connectivity index (χ2v) is 3.23. The predicted molar refractivity (Wildman–Crippen MR) is 47.0 cm³/mol. The first-order valence-electron chi connectivity index (χ1n) is 4.31. The van der Waals surface area contributed by atoms with Crippen LogP contribution in [0.2, 0.25) is 0 Å². The molecule has 0 aromatic rings. The summed E-state index contributed by atoms with van der Waals surface area (Å²) < 4.78 is 5.58. The number of rotatable bonds is 0. The van der Waals surface area contributed by atoms with E-state index in [-0.39, 0.29) is 24.7 Å². The number of imide groups is 1. The molecule has 2 aliphatic heterocycles. The Bertz CT molecular complexity index is 180. The molecule has 0 unspecified atom stereocenters. The largest absolute Gasteiger partial charge is 0.381 e. The molecule has 0 spiro atoms. The molecule has 5 heteroatoms. The van der Waals surface area contributed by atoms with Gasteiger partial charge in [-0.1, -0.05) is 0 Å². The van der Waals surface area contributed by atoms with Crippen LogP contribution in [0.4, 0.5) is 0 Å². The monoisotopic (exact) mass is 205 g/mol. The van der Waals surface area contributed by atoms with E-state index in [0.29, 0.717) is 4.42 Å². The number of carbonyl (C=O) groups is 2. The van der Waals surface area contributed by atoms with E-state index in [1.807, 2.05) is 0 Å². The molecule has 0 aromatic heterocycles. The van der Waals surface area contributed by atoms with Crippen LogP contribution in [0.1, 0.15) is 25.7 Å². The van der Waals surface area contributed by atoms with E-state index in [1.54, 1.807) is 0 Å². The number of hydrogen-bond acceptors (Lipinski definition) is 3. The van der Waals surface area contributed by atoms with E-state index in [4.69, 9.17) is 16.5 Å². The molecule has 13 heavy (non-hydrogen) atoms. The first kappa shape index (κ1) is 10.5. The lowest BCUT2D eigenvalue weighted by atomic mass is 10.4. The standard InChI is InChI=1S/C4H4ClNO2.C4H8O/c5-6-3(7)1-2-4(6)8;1-2-4-5-3-1/h1-2H2;1-4H2. The van der Waals surface area contributed by atoms with E-state index < -0.39 is 0 Å². The van der Waals surface area contributed by atoms with Crippen molar-refractivity contribution in [3.8, 4) is 0 Å². The molecule has 2 heterocycles. The number of nitrogens with zero attached hydrogens (tertiary/aromatic N) is 1. The quantitative estimate of drug-likeness (QED) is 0.439. The number of ether oxygens (including phenoxy) is 1. The van der Waals surface area contributed by atoms with Crippen molar-refractivity contribution in [3.05, 3.63) is 0 Å². The van der Waals surface area contributed by atoms with Gasteiger partial charge in [-0.3, -0.25) is 9.59 Å². The molecule has 0 N–H and O–H groups in total. The molecule has 2 fully saturated rings. The summed E-state index contributed by atoms with van der Waals surface area (Å²) in [6.45, 7) is 2.00. The molecule has 0 atom stereocenters. The fraction of sp³-hybridized carbons (Fsp3) is 0.750. The van der Waals surface area contributed by atoms with Crippen LogP contribution in [0.25, 0.3) is 0 Å². The van der Waals surface area contributed by atoms with E-state index in [0.717, 1.165) is 13.2 Å². The van der Waals surface area contributed by atoms with E-state index >= 15 is 0 Å². The highest BCUT2D eigenvalue weighted by Crippen LogP contribution is 2.12. The lowest BCUT2D eigenvalue weighted by Gasteiger charge is -1.96. The third kappa shape index (κ3) is 3.32. The first-order valence-corrected chi connectivity index (χ1v) is 4.65. The lowest BCUT2D eigenvalue weighted by Crippen LogP contribution is -2.16. The van der Waals surface area contributed by atoms with Crippen molar-refractivity contribution in [2.24, 2.45) is 0 Å². The third-order valence-corrected chi connectivity index (χ3v) is 2.20. The molecule has 2 amide bonds. The topological polar surface area (TPSA) is 46.6 Å². The van der Waals surface area contributed by atoms with Crippen molar-refractivity contribution in [1.29, 1.82) is 0 Å². The lowest BCUT2D eigenvalue weighted by molar-refractivity contribution is -0.132. The summed E-state index contributed by atoms with van der Waals surface area (Å²) in [5.41, 5.74) is 0. The van der Waals surface area contributed by atoms with E-state index in [1.165, 1.54) is 12.8 Å². The molecule has 2 rings (SSSR count). The van der Waals surface area contributed by atoms with Crippen molar-refractivity contribution in [3.63, 3.8) is 0 Å². The Morgan fingerprint density at radius 2 is 1.54 bits per heavy atom. The summed E-state index contributed by atoms with van der Waals surface area (Å²) in [5.74, 6) is -0.590. The predicted octanol–water partition coefficient (Wildman–Crippen LogP) is 1.09. The Balaban J connectivity index is 0.000000145. The van der Waals surface area contributed by atoms with Crippen molar-refractivity contribution >= 4 is 23.6 Å². The summed E-state index contributed by atoms with van der Waals surface area (Å²) >= 11 is 5.15. The zero-order chi connectivity index (χ0) is 9.68. The molecule has 2 saturated heterocycles. The number of amides is 2. The smallest absolute Gasteiger partial charge is 0.244 e. The SMILES string of the molecule is C1CCOC1.O=C1CCC(=O)N1Cl. The van der Waals surface area contributed by atoms with Crippen LogP contribution in [0.5, 0.6) is 0 Å². The van der Waals surface area contributed by atoms with Crippen molar-refractivity contribution in [2.45, 2.75) is 25.7 Å². The van der Waals surface area contributed by atoms with Gasteiger partial charge in [0, 0.05) is 37.8 Å². The van der Waals surface area contributed by atoms with Crippen LogP contribution in [-0.4, -0.2) is 29.4 Å². The van der Waals surface area contributed by atoms with Crippen LogP contribution in [0, 0.1) is 0 Å². The van der Waals surface area contributed by atoms with Gasteiger partial charge in [0.2, 0.25) is 11.8 Å². The zero-order valence-corrected chi connectivity index (χ0v) is 8.05. The van der Waals surface area contributed by atoms with Crippen molar-refractivity contribution < 1.29 is 14.3 Å². The normalized spacial score (nSPS) is 21.8. The van der Waals surface area contributed by atoms with Gasteiger partial charge >= 0.3 is 0 Å². The van der Waals surface area contributed by atoms with Gasteiger partial charge in [-0.2, -0.15) is 4.42 Å². The van der Waals surface area contributed by atoms with Gasteiger partial charge in [-0.25, -0.2) is 0 Å². The van der Waals surface area contributed by atoms with Gasteiger partial charge < -0.3 is 4.74 Å². The van der Waals surface area contributed by atoms with Crippen LogP contribution in [0.3, 0.4) is 0 Å². The number of halogens is 1. The summed E-state index contributed by atoms with van der Waals surface area (Å²) in [7, 11) is 0. The van der Waals surface area contributed by atoms with Gasteiger partial charge in [-0.15, -0.1) is 0 Å². The van der Waals surface area contributed by atoms with Crippen LogP contribution in [-0.2, 0) is 14.3 Å². The zero-order valence-electron chi connectivity index (χ0n) is 7.29. The first-order chi connectivity index (χ1) is 6.22. The average Bonchev–Trinajstić information content (AvgIpc) is 2.75. The molecule has 0 saturated carbocycles. The Morgan fingerprint density at radius 1 is 1.08 bits per heavy atom. The fourth-order valence-corrected chi connectivity index (χ4v) is 1.23. The highest BCUT2D eigenvalue weighted by molar-refractivity contribution is 6.32. The second kappa shape index (κ2) is 5.19. The van der Waals surface area contributed by atoms with Gasteiger partial charge in [0.15, 0.2) is 0 Å². The molecule has 0 aliphatic carbocycles. The molecular formula is C8H12ClNO3. The molecule has 2 aliphatic rings. The number of hydrogen-bond donors (Lipinski definition) is 0. The Hall–Kier alpha value is -0.610. The summed E-state index contributed by atoms with van der Waals surface area (Å²) in [6, 6.07) is 0. The number of carbonyl (C=O) groups excluding carboxylic acids is 2. The minimum Gasteiger partial charge on any atom is -0.381 e. The molecular weight excluding hydrogens is 194 g/mol. The van der Waals surface area contributed by atoms with Crippen LogP contribution < -0.4 is 0 Å². The van der Waals surface area contributed by atoms with Gasteiger partial charge in [0.25, 0.3) is 0 Å². The van der Waals surface area contributed by atoms with E-state index in [2.05, 4.69) is 0 Å². The molecule has 4 nitrogen and oxygen atoms in total. The average molecular weight is 206 g/mol. The van der Waals surface area contributed by atoms with Crippen LogP contribution in [0.15, 0.2) is 0 Å². The minimum absolute atomic E-state index is 0.266. The Morgan fingerprint density at radius 3 is 1.69 bits per heavy atom. The van der Waals surface area contributed by atoms with Crippen molar-refractivity contribution in [2.75, 3.05) is 13.2 Å². The highest BCUT2D eigenvalue weighted by atomic mass is 35.5. The molecule has 0 radical (unpaired) electrons. The maximum Gasteiger partial charge on any atom is 0.244 e. The Kier molecular flexibility index (Phi) is 4.18. The Labute approximate surface area is 81.9 Å². The third-order valence-electron chi connectivity index (χ3n) is 1.82. The summed E-state index contributed by atoms with van der Waals surface area (Å²) in [5, 5.41) is 0. The van der Waals surface area contributed by atoms with Crippen molar-refractivity contribution in [1.82, 2.24) is 4.42 Å². The summed E-state index contributed by atoms with van der Waals surface area (Å²) in [4.78, 5) is 20.7. The fourth-order valence-electron chi connectivity index (χ4n) is 1.06. The highest BCUT2D eigenvalue weighted by Gasteiger charge is 2.26. The van der Waals surface area contributed by atoms with Crippen LogP contribution >= 0.6 is 11.8 Å². The second-order valence-electron chi connectivity index (χ2n) is 2.89. The van der Waals surface area contributed by atoms with E-state index in [9.17, 15) is 9.59 Å². The molecule has 74 valence electrons. The molecule has 0 bridgehead atoms.